The van der Waals surface area contributed by atoms with Crippen molar-refractivity contribution in [1.82, 2.24) is 15.3 Å². The van der Waals surface area contributed by atoms with E-state index in [2.05, 4.69) is 15.3 Å². The normalized spacial score (nSPS) is 10.6. The summed E-state index contributed by atoms with van der Waals surface area (Å²) in [6, 6.07) is 14.4. The van der Waals surface area contributed by atoms with Crippen LogP contribution in [0.25, 0.3) is 11.4 Å². The van der Waals surface area contributed by atoms with Crippen LogP contribution >= 0.6 is 0 Å². The van der Waals surface area contributed by atoms with Crippen molar-refractivity contribution in [2.24, 2.45) is 0 Å². The Morgan fingerprint density at radius 3 is 2.62 bits per heavy atom. The summed E-state index contributed by atoms with van der Waals surface area (Å²) in [6.07, 6.45) is 1.57. The number of hydrogen-bond donors (Lipinski definition) is 1. The molecule has 2 aromatic carbocycles. The van der Waals surface area contributed by atoms with Gasteiger partial charge in [-0.2, -0.15) is 4.98 Å². The van der Waals surface area contributed by atoms with E-state index in [0.717, 1.165) is 0 Å². The van der Waals surface area contributed by atoms with Crippen LogP contribution < -0.4 is 10.1 Å². The van der Waals surface area contributed by atoms with E-state index in [0.29, 0.717) is 28.6 Å². The zero-order valence-electron chi connectivity index (χ0n) is 14.4. The van der Waals surface area contributed by atoms with Crippen molar-refractivity contribution in [2.45, 2.75) is 19.9 Å². The zero-order valence-corrected chi connectivity index (χ0v) is 14.4. The van der Waals surface area contributed by atoms with Crippen molar-refractivity contribution >= 4 is 5.91 Å². The van der Waals surface area contributed by atoms with Gasteiger partial charge in [0.2, 0.25) is 5.88 Å². The predicted octanol–water partition coefficient (Wildman–Crippen LogP) is 4.21. The monoisotopic (exact) mass is 351 g/mol. The van der Waals surface area contributed by atoms with Crippen LogP contribution in [0.4, 0.5) is 4.39 Å². The number of carbonyl (C=O) groups is 1. The molecule has 1 aromatic heterocycles. The highest BCUT2D eigenvalue weighted by Crippen LogP contribution is 2.23. The molecule has 3 aromatic rings. The van der Waals surface area contributed by atoms with Gasteiger partial charge in [0, 0.05) is 29.4 Å². The van der Waals surface area contributed by atoms with Gasteiger partial charge in [0.05, 0.1) is 0 Å². The van der Waals surface area contributed by atoms with Crippen molar-refractivity contribution < 1.29 is 13.9 Å². The lowest BCUT2D eigenvalue weighted by molar-refractivity contribution is 0.0943. The Morgan fingerprint density at radius 2 is 1.88 bits per heavy atom. The Bertz CT molecular complexity index is 911. The number of aromatic nitrogens is 2. The average molecular weight is 351 g/mol. The van der Waals surface area contributed by atoms with E-state index in [9.17, 15) is 9.18 Å². The Kier molecular flexibility index (Phi) is 5.22. The highest BCUT2D eigenvalue weighted by Gasteiger charge is 2.09. The molecule has 1 N–H and O–H groups in total. The van der Waals surface area contributed by atoms with Crippen molar-refractivity contribution in [3.8, 4) is 23.0 Å². The molecular weight excluding hydrogens is 333 g/mol. The first-order valence-corrected chi connectivity index (χ1v) is 8.19. The molecule has 0 saturated heterocycles. The second kappa shape index (κ2) is 7.74. The van der Waals surface area contributed by atoms with Crippen LogP contribution in [0.5, 0.6) is 11.6 Å². The fourth-order valence-corrected chi connectivity index (χ4v) is 2.30. The number of carbonyl (C=O) groups excluding carboxylic acids is 1. The summed E-state index contributed by atoms with van der Waals surface area (Å²) in [6.45, 7) is 3.80. The number of nitrogens with one attached hydrogen (secondary N) is 1. The predicted molar refractivity (Wildman–Crippen MR) is 96.5 cm³/mol. The molecule has 0 atom stereocenters. The first kappa shape index (κ1) is 17.5. The molecule has 1 heterocycles. The molecule has 0 aliphatic carbocycles. The minimum absolute atomic E-state index is 0.0483. The van der Waals surface area contributed by atoms with E-state index in [1.165, 1.54) is 12.1 Å². The SMILES string of the molecule is CC(C)NC(=O)c1cccc(Oc2ccnc(-c3ccc(F)cc3)n2)c1. The van der Waals surface area contributed by atoms with E-state index in [1.54, 1.807) is 48.7 Å². The van der Waals surface area contributed by atoms with Gasteiger partial charge in [-0.15, -0.1) is 0 Å². The largest absolute Gasteiger partial charge is 0.439 e. The second-order valence-electron chi connectivity index (χ2n) is 5.98. The molecule has 0 saturated carbocycles. The lowest BCUT2D eigenvalue weighted by Crippen LogP contribution is -2.29. The number of benzene rings is 2. The molecule has 6 heteroatoms. The second-order valence-corrected chi connectivity index (χ2v) is 5.98. The van der Waals surface area contributed by atoms with Gasteiger partial charge in [0.15, 0.2) is 5.82 Å². The van der Waals surface area contributed by atoms with Gasteiger partial charge in [-0.3, -0.25) is 4.79 Å². The summed E-state index contributed by atoms with van der Waals surface area (Å²) in [5.41, 5.74) is 1.19. The van der Waals surface area contributed by atoms with Gasteiger partial charge in [0.1, 0.15) is 11.6 Å². The molecule has 3 rings (SSSR count). The number of ether oxygens (including phenoxy) is 1. The lowest BCUT2D eigenvalue weighted by Gasteiger charge is -2.10. The molecule has 0 unspecified atom stereocenters. The minimum atomic E-state index is -0.322. The van der Waals surface area contributed by atoms with Crippen LogP contribution in [0.1, 0.15) is 24.2 Å². The van der Waals surface area contributed by atoms with Gasteiger partial charge in [-0.1, -0.05) is 6.07 Å². The Balaban J connectivity index is 1.80. The van der Waals surface area contributed by atoms with Crippen molar-refractivity contribution in [3.05, 3.63) is 72.2 Å². The maximum atomic E-state index is 13.1. The van der Waals surface area contributed by atoms with Crippen LogP contribution in [0.3, 0.4) is 0 Å². The van der Waals surface area contributed by atoms with E-state index in [4.69, 9.17) is 4.74 Å². The molecule has 0 aliphatic heterocycles. The molecule has 0 aliphatic rings. The highest BCUT2D eigenvalue weighted by molar-refractivity contribution is 5.94. The molecule has 0 fully saturated rings. The van der Waals surface area contributed by atoms with E-state index < -0.39 is 0 Å². The summed E-state index contributed by atoms with van der Waals surface area (Å²) >= 11 is 0. The maximum absolute atomic E-state index is 13.1. The molecule has 26 heavy (non-hydrogen) atoms. The Morgan fingerprint density at radius 1 is 1.12 bits per heavy atom. The maximum Gasteiger partial charge on any atom is 0.251 e. The Hall–Kier alpha value is -3.28. The number of rotatable bonds is 5. The van der Waals surface area contributed by atoms with Crippen LogP contribution in [-0.4, -0.2) is 21.9 Å². The van der Waals surface area contributed by atoms with Gasteiger partial charge in [0.25, 0.3) is 5.91 Å². The summed E-state index contributed by atoms with van der Waals surface area (Å²) in [5.74, 6) is 0.764. The summed E-state index contributed by atoms with van der Waals surface area (Å²) < 4.78 is 18.8. The lowest BCUT2D eigenvalue weighted by atomic mass is 10.2. The van der Waals surface area contributed by atoms with Crippen molar-refractivity contribution in [1.29, 1.82) is 0 Å². The molecule has 1 amide bonds. The molecule has 0 bridgehead atoms. The van der Waals surface area contributed by atoms with Crippen LogP contribution in [0, 0.1) is 5.82 Å². The minimum Gasteiger partial charge on any atom is -0.439 e. The van der Waals surface area contributed by atoms with Crippen LogP contribution in [0.2, 0.25) is 0 Å². The highest BCUT2D eigenvalue weighted by atomic mass is 19.1. The summed E-state index contributed by atoms with van der Waals surface area (Å²) in [7, 11) is 0. The topological polar surface area (TPSA) is 64.1 Å². The molecule has 132 valence electrons. The Labute approximate surface area is 150 Å². The van der Waals surface area contributed by atoms with Crippen molar-refractivity contribution in [3.63, 3.8) is 0 Å². The van der Waals surface area contributed by atoms with Gasteiger partial charge < -0.3 is 10.1 Å². The quantitative estimate of drug-likeness (QED) is 0.748. The standard InChI is InChI=1S/C20H18FN3O2/c1-13(2)23-20(25)15-4-3-5-17(12-15)26-18-10-11-22-19(24-18)14-6-8-16(21)9-7-14/h3-13H,1-2H3,(H,23,25). The number of hydrogen-bond acceptors (Lipinski definition) is 4. The van der Waals surface area contributed by atoms with Crippen molar-refractivity contribution in [2.75, 3.05) is 0 Å². The van der Waals surface area contributed by atoms with E-state index in [1.807, 2.05) is 13.8 Å². The number of nitrogens with zero attached hydrogens (tertiary/aromatic N) is 2. The molecule has 0 radical (unpaired) electrons. The van der Waals surface area contributed by atoms with Crippen LogP contribution in [-0.2, 0) is 0 Å². The third kappa shape index (κ3) is 4.42. The fourth-order valence-electron chi connectivity index (χ4n) is 2.30. The average Bonchev–Trinajstić information content (AvgIpc) is 2.62. The molecule has 0 spiro atoms. The van der Waals surface area contributed by atoms with E-state index >= 15 is 0 Å². The smallest absolute Gasteiger partial charge is 0.251 e. The summed E-state index contributed by atoms with van der Waals surface area (Å²) in [4.78, 5) is 20.6. The summed E-state index contributed by atoms with van der Waals surface area (Å²) in [5, 5.41) is 2.83. The molecular formula is C20H18FN3O2. The molecule has 5 nitrogen and oxygen atoms in total. The third-order valence-corrected chi connectivity index (χ3v) is 3.47. The van der Waals surface area contributed by atoms with E-state index in [-0.39, 0.29) is 17.8 Å². The van der Waals surface area contributed by atoms with Crippen LogP contribution in [0.15, 0.2) is 60.8 Å². The fraction of sp³-hybridized carbons (Fsp3) is 0.150. The number of amides is 1. The van der Waals surface area contributed by atoms with Gasteiger partial charge in [-0.05, 0) is 56.3 Å². The first-order valence-electron chi connectivity index (χ1n) is 8.19. The van der Waals surface area contributed by atoms with Gasteiger partial charge >= 0.3 is 0 Å². The van der Waals surface area contributed by atoms with Gasteiger partial charge in [-0.25, -0.2) is 9.37 Å². The zero-order chi connectivity index (χ0) is 18.5. The number of halogens is 1. The third-order valence-electron chi connectivity index (χ3n) is 3.47. The first-order chi connectivity index (χ1) is 12.5.